The summed E-state index contributed by atoms with van der Waals surface area (Å²) in [5.74, 6) is 0.979. The fraction of sp³-hybridized carbons (Fsp3) is 0.625. The van der Waals surface area contributed by atoms with Gasteiger partial charge in [-0.1, -0.05) is 31.0 Å². The molecule has 0 atom stereocenters. The van der Waals surface area contributed by atoms with E-state index >= 15 is 0 Å². The van der Waals surface area contributed by atoms with Crippen molar-refractivity contribution in [3.8, 4) is 0 Å². The highest BCUT2D eigenvalue weighted by molar-refractivity contribution is 5.52. The van der Waals surface area contributed by atoms with E-state index in [0.29, 0.717) is 6.04 Å². The summed E-state index contributed by atoms with van der Waals surface area (Å²) in [6.45, 7) is 6.68. The van der Waals surface area contributed by atoms with Crippen molar-refractivity contribution in [2.24, 2.45) is 5.92 Å². The second kappa shape index (κ2) is 5.57. The van der Waals surface area contributed by atoms with E-state index in [9.17, 15) is 0 Å². The van der Waals surface area contributed by atoms with Gasteiger partial charge in [0, 0.05) is 11.7 Å². The number of aryl methyl sites for hydroxylation is 2. The smallest absolute Gasteiger partial charge is 0.0372 e. The quantitative estimate of drug-likeness (QED) is 0.796. The number of anilines is 1. The van der Waals surface area contributed by atoms with Gasteiger partial charge >= 0.3 is 0 Å². The van der Waals surface area contributed by atoms with Gasteiger partial charge in [0.25, 0.3) is 0 Å². The highest BCUT2D eigenvalue weighted by Crippen LogP contribution is 2.29. The zero-order chi connectivity index (χ0) is 12.3. The molecular formula is C16H25N. The van der Waals surface area contributed by atoms with Gasteiger partial charge < -0.3 is 5.32 Å². The molecule has 2 rings (SSSR count). The van der Waals surface area contributed by atoms with E-state index in [0.717, 1.165) is 5.92 Å². The van der Waals surface area contributed by atoms with Crippen LogP contribution in [0.3, 0.4) is 0 Å². The molecule has 0 radical (unpaired) electrons. The molecule has 0 aliphatic heterocycles. The first-order valence-corrected chi connectivity index (χ1v) is 7.03. The van der Waals surface area contributed by atoms with Crippen LogP contribution in [0.1, 0.15) is 50.2 Å². The Hall–Kier alpha value is -0.980. The summed E-state index contributed by atoms with van der Waals surface area (Å²) in [5, 5.41) is 3.72. The molecule has 1 aromatic carbocycles. The van der Waals surface area contributed by atoms with Gasteiger partial charge in [-0.15, -0.1) is 0 Å². The lowest BCUT2D eigenvalue weighted by molar-refractivity contribution is 0.330. The van der Waals surface area contributed by atoms with Crippen LogP contribution in [0.5, 0.6) is 0 Å². The largest absolute Gasteiger partial charge is 0.382 e. The monoisotopic (exact) mass is 231 g/mol. The van der Waals surface area contributed by atoms with Crippen molar-refractivity contribution in [1.29, 1.82) is 0 Å². The lowest BCUT2D eigenvalue weighted by Crippen LogP contribution is -2.26. The SMILES string of the molecule is CCC1CCC(Nc2ccc(C)cc2C)CC1. The van der Waals surface area contributed by atoms with Gasteiger partial charge in [-0.2, -0.15) is 0 Å². The van der Waals surface area contributed by atoms with Crippen LogP contribution in [0.2, 0.25) is 0 Å². The lowest BCUT2D eigenvalue weighted by atomic mass is 9.84. The van der Waals surface area contributed by atoms with Gasteiger partial charge in [-0.05, 0) is 57.1 Å². The van der Waals surface area contributed by atoms with E-state index < -0.39 is 0 Å². The van der Waals surface area contributed by atoms with Crippen LogP contribution < -0.4 is 5.32 Å². The summed E-state index contributed by atoms with van der Waals surface area (Å²) in [7, 11) is 0. The first kappa shape index (κ1) is 12.5. The minimum absolute atomic E-state index is 0.694. The maximum atomic E-state index is 3.72. The molecule has 1 nitrogen and oxygen atoms in total. The molecule has 0 heterocycles. The molecule has 0 aromatic heterocycles. The summed E-state index contributed by atoms with van der Waals surface area (Å²) in [4.78, 5) is 0. The maximum Gasteiger partial charge on any atom is 0.0372 e. The minimum atomic E-state index is 0.694. The molecule has 1 saturated carbocycles. The number of hydrogen-bond donors (Lipinski definition) is 1. The third-order valence-corrected chi connectivity index (χ3v) is 4.17. The van der Waals surface area contributed by atoms with Crippen LogP contribution in [-0.2, 0) is 0 Å². The average molecular weight is 231 g/mol. The predicted octanol–water partition coefficient (Wildman–Crippen LogP) is 4.68. The molecule has 1 aliphatic rings. The summed E-state index contributed by atoms with van der Waals surface area (Å²) in [6.07, 6.45) is 6.84. The molecule has 94 valence electrons. The van der Waals surface area contributed by atoms with Gasteiger partial charge in [-0.25, -0.2) is 0 Å². The third-order valence-electron chi connectivity index (χ3n) is 4.17. The summed E-state index contributed by atoms with van der Waals surface area (Å²) in [6, 6.07) is 7.39. The molecule has 0 spiro atoms. The first-order valence-electron chi connectivity index (χ1n) is 7.03. The normalized spacial score (nSPS) is 24.6. The van der Waals surface area contributed by atoms with E-state index in [1.165, 1.54) is 48.9 Å². The average Bonchev–Trinajstić information content (AvgIpc) is 2.34. The Morgan fingerprint density at radius 2 is 1.82 bits per heavy atom. The number of nitrogens with one attached hydrogen (secondary N) is 1. The molecule has 1 aromatic rings. The molecule has 1 fully saturated rings. The molecule has 17 heavy (non-hydrogen) atoms. The number of rotatable bonds is 3. The molecule has 1 N–H and O–H groups in total. The van der Waals surface area contributed by atoms with E-state index in [2.05, 4.69) is 44.3 Å². The van der Waals surface area contributed by atoms with Crippen LogP contribution in [0.25, 0.3) is 0 Å². The van der Waals surface area contributed by atoms with E-state index in [4.69, 9.17) is 0 Å². The standard InChI is InChI=1S/C16H25N/c1-4-14-6-8-15(9-7-14)17-16-10-5-12(2)11-13(16)3/h5,10-11,14-15,17H,4,6-9H2,1-3H3. The molecule has 1 heteroatoms. The van der Waals surface area contributed by atoms with Crippen molar-refractivity contribution >= 4 is 5.69 Å². The molecule has 1 aliphatic carbocycles. The second-order valence-corrected chi connectivity index (χ2v) is 5.59. The van der Waals surface area contributed by atoms with Crippen LogP contribution in [0.4, 0.5) is 5.69 Å². The van der Waals surface area contributed by atoms with E-state index in [1.807, 2.05) is 0 Å². The summed E-state index contributed by atoms with van der Waals surface area (Å²) < 4.78 is 0. The van der Waals surface area contributed by atoms with E-state index in [-0.39, 0.29) is 0 Å². The highest BCUT2D eigenvalue weighted by Gasteiger charge is 2.19. The van der Waals surface area contributed by atoms with Crippen LogP contribution >= 0.6 is 0 Å². The Labute approximate surface area is 106 Å². The lowest BCUT2D eigenvalue weighted by Gasteiger charge is -2.29. The first-order chi connectivity index (χ1) is 8.19. The zero-order valence-corrected chi connectivity index (χ0v) is 11.4. The topological polar surface area (TPSA) is 12.0 Å². The second-order valence-electron chi connectivity index (χ2n) is 5.59. The van der Waals surface area contributed by atoms with Gasteiger partial charge in [0.2, 0.25) is 0 Å². The van der Waals surface area contributed by atoms with Crippen molar-refractivity contribution in [2.45, 2.75) is 58.9 Å². The Bertz CT molecular complexity index is 362. The van der Waals surface area contributed by atoms with Crippen molar-refractivity contribution < 1.29 is 0 Å². The minimum Gasteiger partial charge on any atom is -0.382 e. The zero-order valence-electron chi connectivity index (χ0n) is 11.4. The van der Waals surface area contributed by atoms with Crippen LogP contribution in [-0.4, -0.2) is 6.04 Å². The van der Waals surface area contributed by atoms with Crippen molar-refractivity contribution in [1.82, 2.24) is 0 Å². The Morgan fingerprint density at radius 3 is 2.41 bits per heavy atom. The number of benzene rings is 1. The summed E-state index contributed by atoms with van der Waals surface area (Å²) in [5.41, 5.74) is 4.06. The fourth-order valence-electron chi connectivity index (χ4n) is 2.91. The Balaban J connectivity index is 1.93. The van der Waals surface area contributed by atoms with E-state index in [1.54, 1.807) is 0 Å². The van der Waals surface area contributed by atoms with Gasteiger partial charge in [0.15, 0.2) is 0 Å². The Morgan fingerprint density at radius 1 is 1.12 bits per heavy atom. The molecule has 0 saturated heterocycles. The van der Waals surface area contributed by atoms with Gasteiger partial charge in [0.1, 0.15) is 0 Å². The summed E-state index contributed by atoms with van der Waals surface area (Å²) >= 11 is 0. The van der Waals surface area contributed by atoms with Crippen LogP contribution in [0, 0.1) is 19.8 Å². The third kappa shape index (κ3) is 3.24. The van der Waals surface area contributed by atoms with Crippen molar-refractivity contribution in [2.75, 3.05) is 5.32 Å². The molecule has 0 unspecified atom stereocenters. The number of hydrogen-bond acceptors (Lipinski definition) is 1. The van der Waals surface area contributed by atoms with Crippen LogP contribution in [0.15, 0.2) is 18.2 Å². The van der Waals surface area contributed by atoms with Gasteiger partial charge in [-0.3, -0.25) is 0 Å². The molecule has 0 amide bonds. The fourth-order valence-corrected chi connectivity index (χ4v) is 2.91. The van der Waals surface area contributed by atoms with Gasteiger partial charge in [0.05, 0.1) is 0 Å². The molecule has 0 bridgehead atoms. The highest BCUT2D eigenvalue weighted by atomic mass is 14.9. The predicted molar refractivity (Wildman–Crippen MR) is 75.6 cm³/mol. The Kier molecular flexibility index (Phi) is 4.09. The van der Waals surface area contributed by atoms with Crippen molar-refractivity contribution in [3.63, 3.8) is 0 Å². The van der Waals surface area contributed by atoms with Crippen molar-refractivity contribution in [3.05, 3.63) is 29.3 Å². The molecular weight excluding hydrogens is 206 g/mol. The maximum absolute atomic E-state index is 3.72.